The molecule has 0 radical (unpaired) electrons. The first-order valence-corrected chi connectivity index (χ1v) is 8.27. The van der Waals surface area contributed by atoms with Gasteiger partial charge in [0.2, 0.25) is 0 Å². The minimum atomic E-state index is -0.227. The van der Waals surface area contributed by atoms with Crippen LogP contribution in [0.2, 0.25) is 5.02 Å². The summed E-state index contributed by atoms with van der Waals surface area (Å²) in [7, 11) is 0. The molecule has 0 aromatic heterocycles. The predicted octanol–water partition coefficient (Wildman–Crippen LogP) is 2.39. The van der Waals surface area contributed by atoms with Gasteiger partial charge < -0.3 is 19.1 Å². The van der Waals surface area contributed by atoms with E-state index in [1.807, 2.05) is 19.1 Å². The molecule has 126 valence electrons. The molecule has 6 nitrogen and oxygen atoms in total. The van der Waals surface area contributed by atoms with Crippen molar-refractivity contribution in [2.24, 2.45) is 0 Å². The molecule has 1 fully saturated rings. The zero-order valence-electron chi connectivity index (χ0n) is 13.2. The predicted molar refractivity (Wildman–Crippen MR) is 86.3 cm³/mol. The first-order chi connectivity index (χ1) is 11.2. The molecule has 0 bridgehead atoms. The third-order valence-corrected chi connectivity index (χ3v) is 4.24. The molecule has 1 saturated heterocycles. The van der Waals surface area contributed by atoms with E-state index in [4.69, 9.17) is 25.8 Å². The number of benzene rings is 1. The quantitative estimate of drug-likeness (QED) is 0.845. The van der Waals surface area contributed by atoms with E-state index in [0.717, 1.165) is 25.2 Å². The number of fused-ring (bicyclic) bond motifs is 1. The molecular formula is C16H21ClN2O4. The Morgan fingerprint density at radius 2 is 1.96 bits per heavy atom. The monoisotopic (exact) mass is 340 g/mol. The van der Waals surface area contributed by atoms with Crippen molar-refractivity contribution in [1.82, 2.24) is 9.80 Å². The Hall–Kier alpha value is -1.66. The van der Waals surface area contributed by atoms with Crippen LogP contribution in [0.4, 0.5) is 4.79 Å². The highest BCUT2D eigenvalue weighted by Crippen LogP contribution is 2.38. The Bertz CT molecular complexity index is 573. The van der Waals surface area contributed by atoms with Crippen molar-refractivity contribution in [2.75, 3.05) is 46.0 Å². The van der Waals surface area contributed by atoms with Gasteiger partial charge in [-0.15, -0.1) is 0 Å². The maximum absolute atomic E-state index is 11.7. The van der Waals surface area contributed by atoms with E-state index < -0.39 is 0 Å². The summed E-state index contributed by atoms with van der Waals surface area (Å²) in [6, 6.07) is 3.91. The number of amides is 1. The van der Waals surface area contributed by atoms with Gasteiger partial charge in [0, 0.05) is 32.7 Å². The first kappa shape index (κ1) is 16.2. The van der Waals surface area contributed by atoms with Gasteiger partial charge in [-0.1, -0.05) is 11.6 Å². The van der Waals surface area contributed by atoms with Crippen molar-refractivity contribution < 1.29 is 19.0 Å². The lowest BCUT2D eigenvalue weighted by atomic mass is 10.1. The lowest BCUT2D eigenvalue weighted by molar-refractivity contribution is 0.0778. The van der Waals surface area contributed by atoms with Crippen LogP contribution in [-0.2, 0) is 11.3 Å². The molecule has 2 aliphatic rings. The highest BCUT2D eigenvalue weighted by Gasteiger charge is 2.23. The zero-order chi connectivity index (χ0) is 16.2. The van der Waals surface area contributed by atoms with E-state index in [1.54, 1.807) is 4.90 Å². The smallest absolute Gasteiger partial charge is 0.409 e. The van der Waals surface area contributed by atoms with Gasteiger partial charge in [-0.25, -0.2) is 4.79 Å². The zero-order valence-corrected chi connectivity index (χ0v) is 14.0. The Morgan fingerprint density at radius 3 is 2.70 bits per heavy atom. The second-order valence-corrected chi connectivity index (χ2v) is 5.97. The fourth-order valence-electron chi connectivity index (χ4n) is 2.82. The molecule has 0 atom stereocenters. The summed E-state index contributed by atoms with van der Waals surface area (Å²) < 4.78 is 16.2. The van der Waals surface area contributed by atoms with Crippen LogP contribution in [0.5, 0.6) is 11.5 Å². The molecule has 0 saturated carbocycles. The van der Waals surface area contributed by atoms with Crippen LogP contribution in [0.15, 0.2) is 12.1 Å². The van der Waals surface area contributed by atoms with E-state index in [1.165, 1.54) is 0 Å². The molecule has 0 N–H and O–H groups in total. The lowest BCUT2D eigenvalue weighted by Crippen LogP contribution is -2.48. The van der Waals surface area contributed by atoms with Crippen molar-refractivity contribution in [3.05, 3.63) is 22.7 Å². The van der Waals surface area contributed by atoms with Crippen LogP contribution in [0, 0.1) is 0 Å². The minimum absolute atomic E-state index is 0.227. The molecule has 7 heteroatoms. The van der Waals surface area contributed by atoms with E-state index in [2.05, 4.69) is 4.90 Å². The summed E-state index contributed by atoms with van der Waals surface area (Å²) in [5.41, 5.74) is 1.09. The molecule has 1 aromatic rings. The van der Waals surface area contributed by atoms with Gasteiger partial charge >= 0.3 is 6.09 Å². The van der Waals surface area contributed by atoms with Crippen LogP contribution in [0.3, 0.4) is 0 Å². The molecule has 2 heterocycles. The average molecular weight is 341 g/mol. The normalized spacial score (nSPS) is 17.9. The van der Waals surface area contributed by atoms with Crippen LogP contribution in [-0.4, -0.2) is 61.9 Å². The molecule has 0 unspecified atom stereocenters. The standard InChI is InChI=1S/C16H21ClN2O4/c1-2-21-16(20)19-5-3-18(4-6-19)11-12-9-13(17)15-14(10-12)22-7-8-23-15/h9-10H,2-8,11H2,1H3. The fraction of sp³-hybridized carbons (Fsp3) is 0.562. The summed E-state index contributed by atoms with van der Waals surface area (Å²) >= 11 is 6.27. The maximum atomic E-state index is 11.7. The van der Waals surface area contributed by atoms with E-state index >= 15 is 0 Å². The van der Waals surface area contributed by atoms with Gasteiger partial charge in [0.1, 0.15) is 13.2 Å². The Kier molecular flexibility index (Phi) is 5.13. The number of carbonyl (C=O) groups is 1. The summed E-state index contributed by atoms with van der Waals surface area (Å²) in [4.78, 5) is 15.7. The third-order valence-electron chi connectivity index (χ3n) is 3.96. The first-order valence-electron chi connectivity index (χ1n) is 7.89. The molecule has 2 aliphatic heterocycles. The molecule has 1 aromatic carbocycles. The molecule has 0 spiro atoms. The van der Waals surface area contributed by atoms with Crippen LogP contribution >= 0.6 is 11.6 Å². The second kappa shape index (κ2) is 7.27. The molecule has 23 heavy (non-hydrogen) atoms. The maximum Gasteiger partial charge on any atom is 0.409 e. The highest BCUT2D eigenvalue weighted by atomic mass is 35.5. The number of halogens is 1. The van der Waals surface area contributed by atoms with Crippen LogP contribution < -0.4 is 9.47 Å². The van der Waals surface area contributed by atoms with Gasteiger partial charge in [-0.2, -0.15) is 0 Å². The molecular weight excluding hydrogens is 320 g/mol. The molecule has 1 amide bonds. The topological polar surface area (TPSA) is 51.2 Å². The van der Waals surface area contributed by atoms with Gasteiger partial charge in [0.25, 0.3) is 0 Å². The largest absolute Gasteiger partial charge is 0.486 e. The SMILES string of the molecule is CCOC(=O)N1CCN(Cc2cc(Cl)c3c(c2)OCCO3)CC1. The van der Waals surface area contributed by atoms with Gasteiger partial charge in [0.05, 0.1) is 11.6 Å². The van der Waals surface area contributed by atoms with Crippen molar-refractivity contribution >= 4 is 17.7 Å². The Labute approximate surface area is 140 Å². The second-order valence-electron chi connectivity index (χ2n) is 5.56. The number of ether oxygens (including phenoxy) is 3. The van der Waals surface area contributed by atoms with Crippen molar-refractivity contribution in [3.8, 4) is 11.5 Å². The molecule has 3 rings (SSSR count). The highest BCUT2D eigenvalue weighted by molar-refractivity contribution is 6.32. The van der Waals surface area contributed by atoms with Crippen molar-refractivity contribution in [2.45, 2.75) is 13.5 Å². The lowest BCUT2D eigenvalue weighted by Gasteiger charge is -2.34. The number of hydrogen-bond donors (Lipinski definition) is 0. The van der Waals surface area contributed by atoms with Crippen LogP contribution in [0.25, 0.3) is 0 Å². The number of rotatable bonds is 3. The summed E-state index contributed by atoms with van der Waals surface area (Å²) in [5.74, 6) is 1.35. The van der Waals surface area contributed by atoms with Crippen molar-refractivity contribution in [3.63, 3.8) is 0 Å². The van der Waals surface area contributed by atoms with Gasteiger partial charge in [0.15, 0.2) is 11.5 Å². The number of piperazine rings is 1. The van der Waals surface area contributed by atoms with Crippen LogP contribution in [0.1, 0.15) is 12.5 Å². The van der Waals surface area contributed by atoms with Crippen molar-refractivity contribution in [1.29, 1.82) is 0 Å². The van der Waals surface area contributed by atoms with E-state index in [9.17, 15) is 4.79 Å². The number of nitrogens with zero attached hydrogens (tertiary/aromatic N) is 2. The number of hydrogen-bond acceptors (Lipinski definition) is 5. The summed E-state index contributed by atoms with van der Waals surface area (Å²) in [6.45, 7) is 7.05. The summed E-state index contributed by atoms with van der Waals surface area (Å²) in [6.07, 6.45) is -0.227. The van der Waals surface area contributed by atoms with Gasteiger partial charge in [-0.3, -0.25) is 4.90 Å². The summed E-state index contributed by atoms with van der Waals surface area (Å²) in [5, 5.41) is 0.586. The Morgan fingerprint density at radius 1 is 1.22 bits per heavy atom. The molecule has 0 aliphatic carbocycles. The number of carbonyl (C=O) groups excluding carboxylic acids is 1. The van der Waals surface area contributed by atoms with E-state index in [0.29, 0.717) is 49.4 Å². The van der Waals surface area contributed by atoms with Gasteiger partial charge in [-0.05, 0) is 24.6 Å². The van der Waals surface area contributed by atoms with E-state index in [-0.39, 0.29) is 6.09 Å². The average Bonchev–Trinajstić information content (AvgIpc) is 2.56. The fourth-order valence-corrected chi connectivity index (χ4v) is 3.10. The minimum Gasteiger partial charge on any atom is -0.486 e. The third kappa shape index (κ3) is 3.82. The Balaban J connectivity index is 1.59.